The molecular formula is C17H25N3O2S. The van der Waals surface area contributed by atoms with Gasteiger partial charge in [-0.25, -0.2) is 0 Å². The second-order valence-electron chi connectivity index (χ2n) is 7.10. The van der Waals surface area contributed by atoms with Crippen LogP contribution in [0.25, 0.3) is 0 Å². The molecule has 1 aromatic rings. The lowest BCUT2D eigenvalue weighted by Crippen LogP contribution is -2.59. The van der Waals surface area contributed by atoms with E-state index in [-0.39, 0.29) is 0 Å². The van der Waals surface area contributed by atoms with E-state index in [0.717, 1.165) is 63.0 Å². The van der Waals surface area contributed by atoms with Crippen molar-refractivity contribution < 1.29 is 9.47 Å². The first-order chi connectivity index (χ1) is 11.2. The van der Waals surface area contributed by atoms with Gasteiger partial charge >= 0.3 is 0 Å². The summed E-state index contributed by atoms with van der Waals surface area (Å²) in [5.74, 6) is 2.84. The summed E-state index contributed by atoms with van der Waals surface area (Å²) in [5, 5.41) is 8.45. The summed E-state index contributed by atoms with van der Waals surface area (Å²) in [6.07, 6.45) is 3.92. The van der Waals surface area contributed by atoms with Crippen LogP contribution in [-0.4, -0.2) is 59.7 Å². The molecular weight excluding hydrogens is 310 g/mol. The van der Waals surface area contributed by atoms with Gasteiger partial charge in [-0.2, -0.15) is 5.10 Å². The minimum absolute atomic E-state index is 0.382. The molecule has 0 saturated carbocycles. The average molecular weight is 335 g/mol. The highest BCUT2D eigenvalue weighted by Crippen LogP contribution is 2.47. The third kappa shape index (κ3) is 3.49. The molecule has 0 amide bonds. The standard InChI is InChI=1S/C17H25N3O2S/c1-13-2-3-16(19-18-13)20-11-17(12-20)8-15(10-23-17)22-9-14-4-6-21-7-5-14/h2-3,14-15H,4-12H2,1H3. The zero-order chi connectivity index (χ0) is 15.7. The summed E-state index contributed by atoms with van der Waals surface area (Å²) < 4.78 is 12.0. The molecule has 4 heterocycles. The van der Waals surface area contributed by atoms with Crippen molar-refractivity contribution in [3.8, 4) is 0 Å². The fourth-order valence-electron chi connectivity index (χ4n) is 3.69. The number of nitrogens with zero attached hydrogens (tertiary/aromatic N) is 3. The molecule has 126 valence electrons. The zero-order valence-corrected chi connectivity index (χ0v) is 14.6. The largest absolute Gasteiger partial charge is 0.381 e. The Morgan fingerprint density at radius 3 is 2.87 bits per heavy atom. The van der Waals surface area contributed by atoms with E-state index in [9.17, 15) is 0 Å². The molecule has 3 aliphatic rings. The number of thioether (sulfide) groups is 1. The summed E-state index contributed by atoms with van der Waals surface area (Å²) >= 11 is 2.09. The number of rotatable bonds is 4. The molecule has 3 saturated heterocycles. The first-order valence-electron chi connectivity index (χ1n) is 8.61. The van der Waals surface area contributed by atoms with Crippen molar-refractivity contribution in [1.82, 2.24) is 10.2 Å². The first kappa shape index (κ1) is 15.7. The Labute approximate surface area is 142 Å². The van der Waals surface area contributed by atoms with Crippen molar-refractivity contribution in [2.45, 2.75) is 37.0 Å². The van der Waals surface area contributed by atoms with E-state index >= 15 is 0 Å². The van der Waals surface area contributed by atoms with Gasteiger partial charge in [0.2, 0.25) is 0 Å². The van der Waals surface area contributed by atoms with Crippen LogP contribution < -0.4 is 4.90 Å². The molecule has 0 aliphatic carbocycles. The lowest BCUT2D eigenvalue weighted by Gasteiger charge is -2.48. The smallest absolute Gasteiger partial charge is 0.151 e. The van der Waals surface area contributed by atoms with Gasteiger partial charge in [-0.05, 0) is 44.2 Å². The number of aromatic nitrogens is 2. The van der Waals surface area contributed by atoms with Crippen LogP contribution in [0.15, 0.2) is 12.1 Å². The molecule has 4 rings (SSSR count). The SMILES string of the molecule is Cc1ccc(N2CC3(CC(OCC4CCOCC4)CS3)C2)nn1. The van der Waals surface area contributed by atoms with Gasteiger partial charge in [0.1, 0.15) is 0 Å². The molecule has 0 radical (unpaired) electrons. The molecule has 3 fully saturated rings. The zero-order valence-electron chi connectivity index (χ0n) is 13.7. The van der Waals surface area contributed by atoms with Gasteiger partial charge in [-0.3, -0.25) is 0 Å². The van der Waals surface area contributed by atoms with Gasteiger partial charge in [0.05, 0.1) is 16.5 Å². The Balaban J connectivity index is 1.24. The van der Waals surface area contributed by atoms with E-state index in [0.29, 0.717) is 16.8 Å². The Kier molecular flexibility index (Phi) is 4.48. The normalized spacial score (nSPS) is 27.3. The molecule has 3 aliphatic heterocycles. The van der Waals surface area contributed by atoms with Crippen molar-refractivity contribution in [1.29, 1.82) is 0 Å². The molecule has 1 spiro atoms. The predicted molar refractivity (Wildman–Crippen MR) is 92.1 cm³/mol. The Morgan fingerprint density at radius 2 is 2.13 bits per heavy atom. The van der Waals surface area contributed by atoms with E-state index in [1.807, 2.05) is 13.0 Å². The lowest BCUT2D eigenvalue weighted by molar-refractivity contribution is -0.00651. The molecule has 23 heavy (non-hydrogen) atoms. The van der Waals surface area contributed by atoms with Crippen LogP contribution in [-0.2, 0) is 9.47 Å². The predicted octanol–water partition coefficient (Wildman–Crippen LogP) is 2.29. The number of ether oxygens (including phenoxy) is 2. The van der Waals surface area contributed by atoms with Crippen LogP contribution in [0.2, 0.25) is 0 Å². The van der Waals surface area contributed by atoms with Gasteiger partial charge < -0.3 is 14.4 Å². The minimum Gasteiger partial charge on any atom is -0.381 e. The summed E-state index contributed by atoms with van der Waals surface area (Å²) in [5.41, 5.74) is 0.973. The summed E-state index contributed by atoms with van der Waals surface area (Å²) in [4.78, 5) is 2.33. The third-order valence-electron chi connectivity index (χ3n) is 5.15. The van der Waals surface area contributed by atoms with Gasteiger partial charge in [0.25, 0.3) is 0 Å². The molecule has 0 bridgehead atoms. The van der Waals surface area contributed by atoms with Crippen LogP contribution in [0.1, 0.15) is 25.0 Å². The van der Waals surface area contributed by atoms with Gasteiger partial charge in [-0.15, -0.1) is 16.9 Å². The molecule has 1 aromatic heterocycles. The van der Waals surface area contributed by atoms with Gasteiger partial charge in [-0.1, -0.05) is 0 Å². The van der Waals surface area contributed by atoms with E-state index in [2.05, 4.69) is 32.9 Å². The van der Waals surface area contributed by atoms with E-state index in [1.165, 1.54) is 6.42 Å². The number of hydrogen-bond donors (Lipinski definition) is 0. The van der Waals surface area contributed by atoms with E-state index in [4.69, 9.17) is 9.47 Å². The number of aryl methyl sites for hydroxylation is 1. The van der Waals surface area contributed by atoms with Gasteiger partial charge in [0, 0.05) is 38.7 Å². The maximum Gasteiger partial charge on any atom is 0.151 e. The quantitative estimate of drug-likeness (QED) is 0.841. The van der Waals surface area contributed by atoms with Gasteiger partial charge in [0.15, 0.2) is 5.82 Å². The van der Waals surface area contributed by atoms with Crippen molar-refractivity contribution in [3.63, 3.8) is 0 Å². The second-order valence-corrected chi connectivity index (χ2v) is 8.59. The Bertz CT molecular complexity index is 527. The highest BCUT2D eigenvalue weighted by Gasteiger charge is 2.50. The molecule has 0 aromatic carbocycles. The fraction of sp³-hybridized carbons (Fsp3) is 0.765. The first-order valence-corrected chi connectivity index (χ1v) is 9.60. The molecule has 1 unspecified atom stereocenters. The summed E-state index contributed by atoms with van der Waals surface area (Å²) in [7, 11) is 0. The maximum absolute atomic E-state index is 6.21. The molecule has 1 atom stereocenters. The van der Waals surface area contributed by atoms with Crippen LogP contribution in [0.3, 0.4) is 0 Å². The Morgan fingerprint density at radius 1 is 1.30 bits per heavy atom. The fourth-order valence-corrected chi connectivity index (χ4v) is 5.24. The summed E-state index contributed by atoms with van der Waals surface area (Å²) in [6, 6.07) is 4.11. The summed E-state index contributed by atoms with van der Waals surface area (Å²) in [6.45, 7) is 6.85. The van der Waals surface area contributed by atoms with Crippen molar-refractivity contribution in [2.24, 2.45) is 5.92 Å². The number of anilines is 1. The van der Waals surface area contributed by atoms with E-state index < -0.39 is 0 Å². The van der Waals surface area contributed by atoms with Crippen LogP contribution in [0.5, 0.6) is 0 Å². The third-order valence-corrected chi connectivity index (χ3v) is 6.73. The topological polar surface area (TPSA) is 47.5 Å². The van der Waals surface area contributed by atoms with Crippen LogP contribution in [0, 0.1) is 12.8 Å². The highest BCUT2D eigenvalue weighted by molar-refractivity contribution is 8.01. The maximum atomic E-state index is 6.21. The second kappa shape index (κ2) is 6.57. The minimum atomic E-state index is 0.382. The van der Waals surface area contributed by atoms with E-state index in [1.54, 1.807) is 0 Å². The van der Waals surface area contributed by atoms with Crippen molar-refractivity contribution in [2.75, 3.05) is 43.6 Å². The van der Waals surface area contributed by atoms with Crippen molar-refractivity contribution in [3.05, 3.63) is 17.8 Å². The molecule has 6 heteroatoms. The highest BCUT2D eigenvalue weighted by atomic mass is 32.2. The average Bonchev–Trinajstić information content (AvgIpc) is 2.98. The Hall–Kier alpha value is -0.850. The lowest BCUT2D eigenvalue weighted by atomic mass is 9.93. The number of hydrogen-bond acceptors (Lipinski definition) is 6. The molecule has 5 nitrogen and oxygen atoms in total. The van der Waals surface area contributed by atoms with Crippen LogP contribution in [0.4, 0.5) is 5.82 Å². The monoisotopic (exact) mass is 335 g/mol. The molecule has 0 N–H and O–H groups in total. The van der Waals surface area contributed by atoms with Crippen molar-refractivity contribution >= 4 is 17.6 Å². The van der Waals surface area contributed by atoms with Crippen LogP contribution >= 0.6 is 11.8 Å².